The minimum absolute atomic E-state index is 0.0987. The fourth-order valence-corrected chi connectivity index (χ4v) is 5.13. The summed E-state index contributed by atoms with van der Waals surface area (Å²) in [4.78, 5) is 27.8. The van der Waals surface area contributed by atoms with E-state index >= 15 is 0 Å². The van der Waals surface area contributed by atoms with Crippen LogP contribution in [0.3, 0.4) is 0 Å². The molecular formula is C16H19BrN6O2S2. The van der Waals surface area contributed by atoms with Gasteiger partial charge in [0.25, 0.3) is 11.8 Å². The lowest BCUT2D eigenvalue weighted by Gasteiger charge is -2.25. The maximum absolute atomic E-state index is 12.4. The summed E-state index contributed by atoms with van der Waals surface area (Å²) in [5.74, 6) is -0.901. The van der Waals surface area contributed by atoms with Crippen LogP contribution in [0.2, 0.25) is 0 Å². The lowest BCUT2D eigenvalue weighted by atomic mass is 10.0. The Morgan fingerprint density at radius 3 is 2.81 bits per heavy atom. The lowest BCUT2D eigenvalue weighted by Crippen LogP contribution is -2.35. The molecule has 0 saturated carbocycles. The molecule has 0 atom stereocenters. The van der Waals surface area contributed by atoms with E-state index in [1.807, 2.05) is 0 Å². The Balaban J connectivity index is 1.79. The molecule has 0 aromatic carbocycles. The van der Waals surface area contributed by atoms with Crippen molar-refractivity contribution in [1.29, 1.82) is 0 Å². The number of nitrogens with two attached hydrogens (primary N) is 1. The van der Waals surface area contributed by atoms with Gasteiger partial charge in [-0.15, -0.1) is 11.3 Å². The van der Waals surface area contributed by atoms with Gasteiger partial charge < -0.3 is 11.1 Å². The highest BCUT2D eigenvalue weighted by Crippen LogP contribution is 2.36. The average molecular weight is 471 g/mol. The highest BCUT2D eigenvalue weighted by Gasteiger charge is 2.27. The summed E-state index contributed by atoms with van der Waals surface area (Å²) < 4.78 is 2.01. The number of primary amides is 1. The Bertz CT molecular complexity index is 903. The molecule has 0 spiro atoms. The minimum Gasteiger partial charge on any atom is -0.365 e. The summed E-state index contributed by atoms with van der Waals surface area (Å²) in [5.41, 5.74) is 7.39. The Morgan fingerprint density at radius 1 is 1.48 bits per heavy atom. The number of rotatable bonds is 4. The molecule has 1 aliphatic rings. The molecule has 8 nitrogen and oxygen atoms in total. The van der Waals surface area contributed by atoms with E-state index in [0.717, 1.165) is 36.5 Å². The first kappa shape index (κ1) is 19.9. The summed E-state index contributed by atoms with van der Waals surface area (Å²) >= 11 is 10.00. The topological polar surface area (TPSA) is 105 Å². The SMILES string of the molecule is CCN1CCc2c(sc(NC(=S)NC(=O)c3c(Br)cnn3C)c2C(N)=O)C1. The van der Waals surface area contributed by atoms with Crippen LogP contribution in [0.5, 0.6) is 0 Å². The summed E-state index contributed by atoms with van der Waals surface area (Å²) in [6.45, 7) is 4.71. The van der Waals surface area contributed by atoms with Crippen LogP contribution >= 0.6 is 39.5 Å². The van der Waals surface area contributed by atoms with Crippen molar-refractivity contribution in [3.63, 3.8) is 0 Å². The van der Waals surface area contributed by atoms with Gasteiger partial charge in [-0.3, -0.25) is 24.5 Å². The van der Waals surface area contributed by atoms with Gasteiger partial charge in [-0.05, 0) is 46.7 Å². The van der Waals surface area contributed by atoms with Crippen LogP contribution in [0.25, 0.3) is 0 Å². The molecule has 27 heavy (non-hydrogen) atoms. The fourth-order valence-electron chi connectivity index (χ4n) is 3.04. The number of likely N-dealkylation sites (N-methyl/N-ethyl adjacent to an activating group) is 1. The van der Waals surface area contributed by atoms with Crippen LogP contribution in [0.15, 0.2) is 10.7 Å². The normalized spacial score (nSPS) is 13.9. The minimum atomic E-state index is -0.497. The molecular weight excluding hydrogens is 452 g/mol. The number of amides is 2. The van der Waals surface area contributed by atoms with E-state index in [1.54, 1.807) is 7.05 Å². The highest BCUT2D eigenvalue weighted by molar-refractivity contribution is 9.10. The number of hydrogen-bond donors (Lipinski definition) is 3. The van der Waals surface area contributed by atoms with Crippen molar-refractivity contribution >= 4 is 61.4 Å². The molecule has 11 heteroatoms. The first-order valence-electron chi connectivity index (χ1n) is 8.28. The number of nitrogens with zero attached hydrogens (tertiary/aromatic N) is 3. The number of aromatic nitrogens is 2. The molecule has 0 saturated heterocycles. The van der Waals surface area contributed by atoms with Gasteiger partial charge in [0, 0.05) is 25.0 Å². The Morgan fingerprint density at radius 2 is 2.22 bits per heavy atom. The molecule has 0 fully saturated rings. The van der Waals surface area contributed by atoms with Gasteiger partial charge in [-0.25, -0.2) is 0 Å². The van der Waals surface area contributed by atoms with Gasteiger partial charge in [0.2, 0.25) is 0 Å². The van der Waals surface area contributed by atoms with Crippen LogP contribution in [-0.4, -0.2) is 44.7 Å². The van der Waals surface area contributed by atoms with Crippen molar-refractivity contribution in [3.8, 4) is 0 Å². The molecule has 0 unspecified atom stereocenters. The average Bonchev–Trinajstić information content (AvgIpc) is 3.12. The quantitative estimate of drug-likeness (QED) is 0.588. The summed E-state index contributed by atoms with van der Waals surface area (Å²) in [6, 6.07) is 0. The van der Waals surface area contributed by atoms with E-state index in [2.05, 4.69) is 43.5 Å². The lowest BCUT2D eigenvalue weighted by molar-refractivity contribution is 0.0966. The number of thiophene rings is 1. The van der Waals surface area contributed by atoms with E-state index in [1.165, 1.54) is 22.2 Å². The number of carbonyl (C=O) groups excluding carboxylic acids is 2. The second-order valence-electron chi connectivity index (χ2n) is 6.06. The first-order valence-corrected chi connectivity index (χ1v) is 10.3. The number of nitrogens with one attached hydrogen (secondary N) is 2. The molecule has 3 rings (SSSR count). The van der Waals surface area contributed by atoms with Crippen molar-refractivity contribution in [1.82, 2.24) is 20.0 Å². The van der Waals surface area contributed by atoms with Crippen molar-refractivity contribution in [2.24, 2.45) is 12.8 Å². The second-order valence-corrected chi connectivity index (χ2v) is 8.43. The molecule has 2 aromatic rings. The zero-order valence-electron chi connectivity index (χ0n) is 14.8. The van der Waals surface area contributed by atoms with E-state index in [4.69, 9.17) is 18.0 Å². The zero-order valence-corrected chi connectivity index (χ0v) is 18.1. The van der Waals surface area contributed by atoms with Gasteiger partial charge in [-0.1, -0.05) is 6.92 Å². The molecule has 1 aliphatic heterocycles. The van der Waals surface area contributed by atoms with Crippen molar-refractivity contribution < 1.29 is 9.59 Å². The highest BCUT2D eigenvalue weighted by atomic mass is 79.9. The molecule has 3 heterocycles. The number of halogens is 1. The summed E-state index contributed by atoms with van der Waals surface area (Å²) in [6.07, 6.45) is 2.30. The van der Waals surface area contributed by atoms with Crippen LogP contribution in [-0.2, 0) is 20.0 Å². The van der Waals surface area contributed by atoms with Gasteiger partial charge in [0.05, 0.1) is 16.2 Å². The number of carbonyl (C=O) groups is 2. The zero-order chi connectivity index (χ0) is 19.7. The summed E-state index contributed by atoms with van der Waals surface area (Å²) in [7, 11) is 1.66. The maximum atomic E-state index is 12.4. The number of fused-ring (bicyclic) bond motifs is 1. The van der Waals surface area contributed by atoms with Crippen LogP contribution in [0.1, 0.15) is 38.2 Å². The molecule has 2 amide bonds. The third kappa shape index (κ3) is 4.05. The van der Waals surface area contributed by atoms with Gasteiger partial charge in [0.15, 0.2) is 5.11 Å². The first-order chi connectivity index (χ1) is 12.8. The van der Waals surface area contributed by atoms with Crippen LogP contribution in [0, 0.1) is 0 Å². The molecule has 0 radical (unpaired) electrons. The van der Waals surface area contributed by atoms with Gasteiger partial charge in [-0.2, -0.15) is 5.10 Å². The van der Waals surface area contributed by atoms with Crippen LogP contribution < -0.4 is 16.4 Å². The Kier molecular flexibility index (Phi) is 5.94. The van der Waals surface area contributed by atoms with Gasteiger partial charge >= 0.3 is 0 Å². The molecule has 0 aliphatic carbocycles. The van der Waals surface area contributed by atoms with Crippen molar-refractivity contribution in [2.75, 3.05) is 18.4 Å². The largest absolute Gasteiger partial charge is 0.365 e. The Labute approximate surface area is 174 Å². The van der Waals surface area contributed by atoms with E-state index in [9.17, 15) is 9.59 Å². The third-order valence-corrected chi connectivity index (χ3v) is 6.31. The predicted molar refractivity (Wildman–Crippen MR) is 112 cm³/mol. The van der Waals surface area contributed by atoms with E-state index in [-0.39, 0.29) is 5.11 Å². The Hall–Kier alpha value is -1.82. The van der Waals surface area contributed by atoms with E-state index < -0.39 is 11.8 Å². The molecule has 144 valence electrons. The monoisotopic (exact) mass is 470 g/mol. The number of hydrogen-bond acceptors (Lipinski definition) is 6. The number of aryl methyl sites for hydroxylation is 1. The second kappa shape index (κ2) is 8.05. The van der Waals surface area contributed by atoms with Crippen molar-refractivity contribution in [3.05, 3.63) is 32.4 Å². The maximum Gasteiger partial charge on any atom is 0.276 e. The fraction of sp³-hybridized carbons (Fsp3) is 0.375. The standard InChI is InChI=1S/C16H19BrN6O2S2/c1-3-23-5-4-8-10(7-23)27-15(11(8)13(18)24)21-16(26)20-14(25)12-9(17)6-19-22(12)2/h6H,3-5,7H2,1-2H3,(H2,18,24)(H2,20,21,25,26). The third-order valence-electron chi connectivity index (χ3n) is 4.39. The number of anilines is 1. The van der Waals surface area contributed by atoms with Crippen molar-refractivity contribution in [2.45, 2.75) is 19.9 Å². The van der Waals surface area contributed by atoms with E-state index in [0.29, 0.717) is 20.7 Å². The van der Waals surface area contributed by atoms with Gasteiger partial charge in [0.1, 0.15) is 10.7 Å². The summed E-state index contributed by atoms with van der Waals surface area (Å²) in [5, 5.41) is 10.3. The molecule has 0 bridgehead atoms. The smallest absolute Gasteiger partial charge is 0.276 e. The van der Waals surface area contributed by atoms with Crippen LogP contribution in [0.4, 0.5) is 5.00 Å². The number of thiocarbonyl (C=S) groups is 1. The molecule has 2 aromatic heterocycles. The predicted octanol–water partition coefficient (Wildman–Crippen LogP) is 1.85. The molecule has 4 N–H and O–H groups in total.